The van der Waals surface area contributed by atoms with Crippen LogP contribution in [0.2, 0.25) is 0 Å². The molecular weight excluding hydrogens is 229 g/mol. The van der Waals surface area contributed by atoms with Gasteiger partial charge in [0, 0.05) is 22.0 Å². The molecule has 0 amide bonds. The molecule has 0 saturated carbocycles. The van der Waals surface area contributed by atoms with Crippen molar-refractivity contribution in [3.8, 4) is 5.75 Å². The summed E-state index contributed by atoms with van der Waals surface area (Å²) in [4.78, 5) is 7.83. The number of hydrogen-bond donors (Lipinski definition) is 1. The van der Waals surface area contributed by atoms with Crippen LogP contribution >= 0.6 is 11.8 Å². The first kappa shape index (κ1) is 13.3. The zero-order chi connectivity index (χ0) is 12.0. The predicted octanol–water partition coefficient (Wildman–Crippen LogP) is 2.79. The highest BCUT2D eigenvalue weighted by molar-refractivity contribution is 7.98. The number of rotatable bonds is 6. The van der Waals surface area contributed by atoms with E-state index in [9.17, 15) is 9.63 Å². The summed E-state index contributed by atoms with van der Waals surface area (Å²) in [6, 6.07) is 0. The standard InChI is InChI=1S/C11H16FNO2S/c1-3-4-16-7-9-5-13-8(2)11(15-12)10(9)6-14/h5,14H,3-4,6-7H2,1-2H3. The van der Waals surface area contributed by atoms with Crippen molar-refractivity contribution in [2.75, 3.05) is 5.75 Å². The van der Waals surface area contributed by atoms with Crippen LogP contribution in [0.1, 0.15) is 30.2 Å². The Morgan fingerprint density at radius 1 is 1.56 bits per heavy atom. The molecule has 0 saturated heterocycles. The van der Waals surface area contributed by atoms with E-state index >= 15 is 0 Å². The molecule has 1 aromatic heterocycles. The molecule has 0 spiro atoms. The fourth-order valence-corrected chi connectivity index (χ4v) is 2.30. The van der Waals surface area contributed by atoms with Crippen LogP contribution in [0.25, 0.3) is 0 Å². The molecule has 3 nitrogen and oxygen atoms in total. The lowest BCUT2D eigenvalue weighted by molar-refractivity contribution is -0.00999. The largest absolute Gasteiger partial charge is 0.392 e. The predicted molar refractivity (Wildman–Crippen MR) is 63.1 cm³/mol. The second kappa shape index (κ2) is 6.70. The highest BCUT2D eigenvalue weighted by Crippen LogP contribution is 2.28. The summed E-state index contributed by atoms with van der Waals surface area (Å²) in [6.45, 7) is 3.52. The first-order valence-corrected chi connectivity index (χ1v) is 6.34. The van der Waals surface area contributed by atoms with Crippen LogP contribution in [0.15, 0.2) is 6.20 Å². The molecule has 0 unspecified atom stereocenters. The summed E-state index contributed by atoms with van der Waals surface area (Å²) >= 11 is 1.73. The third-order valence-electron chi connectivity index (χ3n) is 2.25. The van der Waals surface area contributed by atoms with E-state index in [1.54, 1.807) is 24.9 Å². The Bertz CT molecular complexity index is 347. The van der Waals surface area contributed by atoms with Crippen molar-refractivity contribution in [3.05, 3.63) is 23.0 Å². The molecule has 0 atom stereocenters. The quantitative estimate of drug-likeness (QED) is 0.783. The molecular formula is C11H16FNO2S. The van der Waals surface area contributed by atoms with Crippen molar-refractivity contribution >= 4 is 11.8 Å². The Labute approximate surface area is 98.9 Å². The number of thioether (sulfide) groups is 1. The highest BCUT2D eigenvalue weighted by Gasteiger charge is 2.14. The Morgan fingerprint density at radius 3 is 2.88 bits per heavy atom. The average Bonchev–Trinajstić information content (AvgIpc) is 2.30. The van der Waals surface area contributed by atoms with Crippen LogP contribution in [-0.4, -0.2) is 15.8 Å². The topological polar surface area (TPSA) is 42.4 Å². The first-order valence-electron chi connectivity index (χ1n) is 5.19. The minimum absolute atomic E-state index is 0.0529. The van der Waals surface area contributed by atoms with Crippen molar-refractivity contribution in [1.29, 1.82) is 0 Å². The second-order valence-corrected chi connectivity index (χ2v) is 4.57. The molecule has 0 fully saturated rings. The number of nitrogens with zero attached hydrogens (tertiary/aromatic N) is 1. The molecule has 90 valence electrons. The van der Waals surface area contributed by atoms with E-state index in [2.05, 4.69) is 16.8 Å². The van der Waals surface area contributed by atoms with Crippen LogP contribution in [0.5, 0.6) is 5.75 Å². The molecule has 0 aromatic carbocycles. The van der Waals surface area contributed by atoms with Crippen molar-refractivity contribution in [2.45, 2.75) is 32.6 Å². The van der Waals surface area contributed by atoms with Crippen LogP contribution in [0, 0.1) is 6.92 Å². The van der Waals surface area contributed by atoms with Crippen LogP contribution in [0.3, 0.4) is 0 Å². The van der Waals surface area contributed by atoms with Gasteiger partial charge >= 0.3 is 0 Å². The third-order valence-corrected chi connectivity index (χ3v) is 3.46. The maximum Gasteiger partial charge on any atom is 0.198 e. The van der Waals surface area contributed by atoms with Crippen LogP contribution in [-0.2, 0) is 12.4 Å². The molecule has 0 bridgehead atoms. The van der Waals surface area contributed by atoms with Gasteiger partial charge in [-0.15, -0.1) is 0 Å². The summed E-state index contributed by atoms with van der Waals surface area (Å²) in [6.07, 6.45) is 2.76. The van der Waals surface area contributed by atoms with Crippen LogP contribution in [0.4, 0.5) is 4.53 Å². The normalized spacial score (nSPS) is 10.5. The van der Waals surface area contributed by atoms with Gasteiger partial charge in [0.1, 0.15) is 0 Å². The number of aliphatic hydroxyl groups excluding tert-OH is 1. The third kappa shape index (κ3) is 3.09. The lowest BCUT2D eigenvalue weighted by Crippen LogP contribution is -2.00. The van der Waals surface area contributed by atoms with Gasteiger partial charge in [-0.2, -0.15) is 11.8 Å². The monoisotopic (exact) mass is 245 g/mol. The highest BCUT2D eigenvalue weighted by atomic mass is 32.2. The summed E-state index contributed by atoms with van der Waals surface area (Å²) in [5.74, 6) is 1.80. The minimum atomic E-state index is -0.232. The number of pyridine rings is 1. The molecule has 1 heterocycles. The Balaban J connectivity index is 2.91. The number of hydrogen-bond acceptors (Lipinski definition) is 4. The molecule has 0 aliphatic rings. The molecule has 0 radical (unpaired) electrons. The fourth-order valence-electron chi connectivity index (χ4n) is 1.40. The van der Waals surface area contributed by atoms with E-state index < -0.39 is 0 Å². The smallest absolute Gasteiger partial charge is 0.198 e. The Morgan fingerprint density at radius 2 is 2.31 bits per heavy atom. The summed E-state index contributed by atoms with van der Waals surface area (Å²) in [7, 11) is 0. The maximum absolute atomic E-state index is 12.3. The van der Waals surface area contributed by atoms with Gasteiger partial charge in [-0.3, -0.25) is 9.93 Å². The Kier molecular flexibility index (Phi) is 5.55. The zero-order valence-electron chi connectivity index (χ0n) is 9.49. The van der Waals surface area contributed by atoms with E-state index in [0.29, 0.717) is 17.0 Å². The van der Waals surface area contributed by atoms with Crippen molar-refractivity contribution in [3.63, 3.8) is 0 Å². The molecule has 5 heteroatoms. The SMILES string of the molecule is CCCSCc1cnc(C)c(OF)c1CO. The van der Waals surface area contributed by atoms with Crippen molar-refractivity contribution in [1.82, 2.24) is 4.98 Å². The summed E-state index contributed by atoms with van der Waals surface area (Å²) in [5, 5.41) is 9.23. The van der Waals surface area contributed by atoms with Gasteiger partial charge in [0.25, 0.3) is 0 Å². The van der Waals surface area contributed by atoms with Gasteiger partial charge in [-0.25, -0.2) is 0 Å². The average molecular weight is 245 g/mol. The van der Waals surface area contributed by atoms with Gasteiger partial charge in [-0.1, -0.05) is 6.92 Å². The van der Waals surface area contributed by atoms with E-state index in [4.69, 9.17) is 0 Å². The summed E-state index contributed by atoms with van der Waals surface area (Å²) in [5.41, 5.74) is 1.79. The molecule has 16 heavy (non-hydrogen) atoms. The molecule has 0 aliphatic carbocycles. The molecule has 1 rings (SSSR count). The van der Waals surface area contributed by atoms with E-state index in [-0.39, 0.29) is 12.4 Å². The maximum atomic E-state index is 12.3. The van der Waals surface area contributed by atoms with Gasteiger partial charge in [0.05, 0.1) is 12.3 Å². The zero-order valence-corrected chi connectivity index (χ0v) is 10.3. The van der Waals surface area contributed by atoms with Crippen molar-refractivity contribution < 1.29 is 14.6 Å². The van der Waals surface area contributed by atoms with Gasteiger partial charge in [0.2, 0.25) is 0 Å². The number of aryl methyl sites for hydroxylation is 1. The minimum Gasteiger partial charge on any atom is -0.392 e. The molecule has 1 N–H and O–H groups in total. The lowest BCUT2D eigenvalue weighted by Gasteiger charge is -2.10. The lowest BCUT2D eigenvalue weighted by atomic mass is 10.1. The van der Waals surface area contributed by atoms with E-state index in [1.165, 1.54) is 0 Å². The second-order valence-electron chi connectivity index (χ2n) is 3.46. The Hall–Kier alpha value is -0.810. The number of aromatic nitrogens is 1. The summed E-state index contributed by atoms with van der Waals surface area (Å²) < 4.78 is 12.3. The number of aliphatic hydroxyl groups is 1. The van der Waals surface area contributed by atoms with E-state index in [0.717, 1.165) is 17.7 Å². The van der Waals surface area contributed by atoms with E-state index in [1.807, 2.05) is 0 Å². The molecule has 1 aromatic rings. The van der Waals surface area contributed by atoms with Crippen LogP contribution < -0.4 is 4.94 Å². The first-order chi connectivity index (χ1) is 7.74. The fraction of sp³-hybridized carbons (Fsp3) is 0.545. The van der Waals surface area contributed by atoms with Gasteiger partial charge < -0.3 is 5.11 Å². The van der Waals surface area contributed by atoms with Crippen molar-refractivity contribution in [2.24, 2.45) is 0 Å². The van der Waals surface area contributed by atoms with Gasteiger partial charge in [-0.05, 0) is 24.7 Å². The van der Waals surface area contributed by atoms with Gasteiger partial charge in [0.15, 0.2) is 5.75 Å². The molecule has 0 aliphatic heterocycles. The number of halogens is 1.